The molecule has 0 saturated heterocycles. The van der Waals surface area contributed by atoms with Crippen LogP contribution in [0.1, 0.15) is 63.3 Å². The van der Waals surface area contributed by atoms with Gasteiger partial charge in [0.1, 0.15) is 18.4 Å². The van der Waals surface area contributed by atoms with Gasteiger partial charge >= 0.3 is 12.1 Å². The number of pyridine rings is 1. The van der Waals surface area contributed by atoms with Crippen LogP contribution in [0.25, 0.3) is 10.9 Å². The van der Waals surface area contributed by atoms with Gasteiger partial charge < -0.3 is 14.5 Å². The zero-order chi connectivity index (χ0) is 31.4. The summed E-state index contributed by atoms with van der Waals surface area (Å²) in [6.07, 6.45) is -3.45. The van der Waals surface area contributed by atoms with Crippen molar-refractivity contribution in [2.75, 3.05) is 6.54 Å². The van der Waals surface area contributed by atoms with Gasteiger partial charge in [-0.2, -0.15) is 18.7 Å². The van der Waals surface area contributed by atoms with E-state index in [0.29, 0.717) is 31.6 Å². The molecule has 1 N–H and O–H groups in total. The highest BCUT2D eigenvalue weighted by molar-refractivity contribution is 5.95. The normalized spacial score (nSPS) is 14.7. The molecule has 230 valence electrons. The number of rotatable bonds is 11. The molecule has 0 aliphatic heterocycles. The zero-order valence-electron chi connectivity index (χ0n) is 24.7. The van der Waals surface area contributed by atoms with Gasteiger partial charge in [-0.1, -0.05) is 51.1 Å². The Balaban J connectivity index is 1.50. The van der Waals surface area contributed by atoms with Gasteiger partial charge in [0.15, 0.2) is 0 Å². The number of nitrogens with one attached hydrogen (secondary N) is 1. The Hall–Kier alpha value is -4.15. The van der Waals surface area contributed by atoms with Gasteiger partial charge in [-0.25, -0.2) is 4.79 Å². The van der Waals surface area contributed by atoms with Crippen LogP contribution in [0.3, 0.4) is 0 Å². The Morgan fingerprint density at radius 2 is 1.74 bits per heavy atom. The third kappa shape index (κ3) is 7.44. The van der Waals surface area contributed by atoms with E-state index in [1.165, 1.54) is 4.90 Å². The lowest BCUT2D eigenvalue weighted by Crippen LogP contribution is -2.54. The average Bonchev–Trinajstić information content (AvgIpc) is 3.77. The third-order valence-electron chi connectivity index (χ3n) is 7.47. The Morgan fingerprint density at radius 1 is 1.07 bits per heavy atom. The van der Waals surface area contributed by atoms with E-state index in [1.807, 2.05) is 70.2 Å². The van der Waals surface area contributed by atoms with E-state index in [-0.39, 0.29) is 24.8 Å². The minimum Gasteiger partial charge on any atom is -0.489 e. The lowest BCUT2D eigenvalue weighted by molar-refractivity contribution is -0.208. The van der Waals surface area contributed by atoms with Crippen LogP contribution >= 0.6 is 0 Å². The number of aryl methyl sites for hydroxylation is 1. The molecule has 0 spiro atoms. The van der Waals surface area contributed by atoms with Crippen molar-refractivity contribution in [2.24, 2.45) is 5.92 Å². The Kier molecular flexibility index (Phi) is 9.62. The quantitative estimate of drug-likeness (QED) is 0.274. The predicted octanol–water partition coefficient (Wildman–Crippen LogP) is 5.94. The molecule has 3 aromatic rings. The number of para-hydroxylation sites is 1. The number of benzene rings is 2. The van der Waals surface area contributed by atoms with Crippen molar-refractivity contribution in [3.63, 3.8) is 0 Å². The number of carbonyl (C=O) groups is 3. The lowest BCUT2D eigenvalue weighted by atomic mass is 9.92. The van der Waals surface area contributed by atoms with Crippen molar-refractivity contribution in [3.8, 4) is 5.75 Å². The highest BCUT2D eigenvalue weighted by Gasteiger charge is 2.54. The second-order valence-corrected chi connectivity index (χ2v) is 11.3. The number of aromatic nitrogens is 1. The molecule has 2 amide bonds. The Labute approximate surface area is 248 Å². The molecular weight excluding hydrogens is 563 g/mol. The number of hydrogen-bond acceptors (Lipinski definition) is 6. The molecule has 1 aliphatic rings. The van der Waals surface area contributed by atoms with Gasteiger partial charge in [0.05, 0.1) is 10.9 Å². The van der Waals surface area contributed by atoms with Gasteiger partial charge in [-0.3, -0.25) is 14.6 Å². The highest BCUT2D eigenvalue weighted by Crippen LogP contribution is 2.50. The number of ether oxygens (including phenoxy) is 1. The van der Waals surface area contributed by atoms with Crippen LogP contribution in [0.4, 0.5) is 13.2 Å². The summed E-state index contributed by atoms with van der Waals surface area (Å²) in [5.74, 6) is -3.25. The number of hydroxylamine groups is 1. The number of halogens is 3. The number of nitrogens with zero attached hydrogens (tertiary/aromatic N) is 2. The minimum absolute atomic E-state index is 0.0749. The Bertz CT molecular complexity index is 1470. The summed E-state index contributed by atoms with van der Waals surface area (Å²) in [5, 5.41) is 1.01. The molecule has 1 fully saturated rings. The van der Waals surface area contributed by atoms with E-state index in [2.05, 4.69) is 9.82 Å². The van der Waals surface area contributed by atoms with Crippen molar-refractivity contribution >= 4 is 28.7 Å². The van der Waals surface area contributed by atoms with Crippen molar-refractivity contribution < 1.29 is 37.1 Å². The van der Waals surface area contributed by atoms with E-state index in [1.54, 1.807) is 17.6 Å². The van der Waals surface area contributed by atoms with Crippen LogP contribution in [-0.2, 0) is 31.2 Å². The fourth-order valence-electron chi connectivity index (χ4n) is 5.26. The molecule has 1 heterocycles. The highest BCUT2D eigenvalue weighted by atomic mass is 19.4. The predicted molar refractivity (Wildman–Crippen MR) is 154 cm³/mol. The van der Waals surface area contributed by atoms with E-state index in [4.69, 9.17) is 4.74 Å². The summed E-state index contributed by atoms with van der Waals surface area (Å²) in [5.41, 5.74) is 4.33. The first-order chi connectivity index (χ1) is 20.4. The van der Waals surface area contributed by atoms with E-state index in [0.717, 1.165) is 27.7 Å². The van der Waals surface area contributed by atoms with Crippen LogP contribution in [0, 0.1) is 12.8 Å². The number of alkyl halides is 3. The maximum absolute atomic E-state index is 14.0. The summed E-state index contributed by atoms with van der Waals surface area (Å²) >= 11 is 0. The van der Waals surface area contributed by atoms with Crippen molar-refractivity contribution in [1.29, 1.82) is 0 Å². The molecule has 0 bridgehead atoms. The zero-order valence-corrected chi connectivity index (χ0v) is 24.7. The van der Waals surface area contributed by atoms with Crippen LogP contribution in [0.5, 0.6) is 5.75 Å². The molecule has 0 unspecified atom stereocenters. The van der Waals surface area contributed by atoms with Crippen LogP contribution in [0.2, 0.25) is 0 Å². The summed E-state index contributed by atoms with van der Waals surface area (Å²) < 4.78 is 43.9. The van der Waals surface area contributed by atoms with Gasteiger partial charge in [0, 0.05) is 23.2 Å². The molecule has 1 aliphatic carbocycles. The van der Waals surface area contributed by atoms with Gasteiger partial charge in [-0.15, -0.1) is 0 Å². The first-order valence-electron chi connectivity index (χ1n) is 14.3. The van der Waals surface area contributed by atoms with Crippen molar-refractivity contribution in [2.45, 2.75) is 77.6 Å². The maximum atomic E-state index is 14.0. The van der Waals surface area contributed by atoms with Gasteiger partial charge in [0.25, 0.3) is 5.91 Å². The summed E-state index contributed by atoms with van der Waals surface area (Å²) in [6, 6.07) is 16.0. The molecular formula is C32H36F3N3O5. The van der Waals surface area contributed by atoms with Crippen LogP contribution in [-0.4, -0.2) is 46.4 Å². The van der Waals surface area contributed by atoms with Crippen molar-refractivity contribution in [3.05, 3.63) is 71.4 Å². The SMILES string of the molecule is CCCN(C(=O)C1(c2ccc(OCc3cc(C)nc4ccccc34)cc2)CC1)[C@@H](CC(C)C)C(=O)NOC(=O)C(F)(F)F. The fourth-order valence-corrected chi connectivity index (χ4v) is 5.26. The largest absolute Gasteiger partial charge is 0.493 e. The molecule has 8 nitrogen and oxygen atoms in total. The summed E-state index contributed by atoms with van der Waals surface area (Å²) in [6.45, 7) is 7.98. The number of amides is 2. The smallest absolute Gasteiger partial charge is 0.489 e. The van der Waals surface area contributed by atoms with E-state index >= 15 is 0 Å². The molecule has 2 aromatic carbocycles. The molecule has 1 atom stereocenters. The molecule has 4 rings (SSSR count). The average molecular weight is 600 g/mol. The van der Waals surface area contributed by atoms with Gasteiger partial charge in [0.2, 0.25) is 5.91 Å². The summed E-state index contributed by atoms with van der Waals surface area (Å²) in [7, 11) is 0. The van der Waals surface area contributed by atoms with Crippen molar-refractivity contribution in [1.82, 2.24) is 15.4 Å². The molecule has 1 saturated carbocycles. The second-order valence-electron chi connectivity index (χ2n) is 11.3. The standard InChI is InChI=1S/C32H36F3N3O5/c1-5-16-38(27(17-20(2)3)28(39)37-43-30(41)32(33,34)35)29(40)31(14-15-31)23-10-12-24(13-11-23)42-19-22-18-21(4)36-26-9-7-6-8-25(22)26/h6-13,18,20,27H,5,14-17,19H2,1-4H3,(H,37,39)/t27-/m0/s1. The van der Waals surface area contributed by atoms with E-state index < -0.39 is 29.5 Å². The first kappa shape index (κ1) is 31.8. The second kappa shape index (κ2) is 13.0. The van der Waals surface area contributed by atoms with Crippen LogP contribution in [0.15, 0.2) is 54.6 Å². The monoisotopic (exact) mass is 599 g/mol. The molecule has 43 heavy (non-hydrogen) atoms. The minimum atomic E-state index is -5.27. The summed E-state index contributed by atoms with van der Waals surface area (Å²) in [4.78, 5) is 48.1. The Morgan fingerprint density at radius 3 is 2.35 bits per heavy atom. The van der Waals surface area contributed by atoms with Crippen LogP contribution < -0.4 is 10.2 Å². The fraction of sp³-hybridized carbons (Fsp3) is 0.438. The maximum Gasteiger partial charge on any atom is 0.493 e. The molecule has 11 heteroatoms. The third-order valence-corrected chi connectivity index (χ3v) is 7.47. The molecule has 0 radical (unpaired) electrons. The number of fused-ring (bicyclic) bond motifs is 1. The van der Waals surface area contributed by atoms with E-state index in [9.17, 15) is 27.6 Å². The van der Waals surface area contributed by atoms with Gasteiger partial charge in [-0.05, 0) is 68.4 Å². The molecule has 1 aromatic heterocycles. The topological polar surface area (TPSA) is 97.8 Å². The number of carbonyl (C=O) groups excluding carboxylic acids is 3. The lowest BCUT2D eigenvalue weighted by Gasteiger charge is -2.34. The number of hydrogen-bond donors (Lipinski definition) is 1. The first-order valence-corrected chi connectivity index (χ1v) is 14.3.